The molecule has 1 aliphatic rings. The minimum Gasteiger partial charge on any atom is -0.310 e. The third-order valence-corrected chi connectivity index (χ3v) is 11.8. The van der Waals surface area contributed by atoms with E-state index in [0.717, 1.165) is 24.2 Å². The Balaban J connectivity index is 1.31. The van der Waals surface area contributed by atoms with Crippen molar-refractivity contribution in [3.63, 3.8) is 0 Å². The summed E-state index contributed by atoms with van der Waals surface area (Å²) in [5.41, 5.74) is 13.5. The third-order valence-electron chi connectivity index (χ3n) is 10.6. The van der Waals surface area contributed by atoms with Crippen LogP contribution in [-0.2, 0) is 6.42 Å². The van der Waals surface area contributed by atoms with Crippen molar-refractivity contribution in [2.45, 2.75) is 26.7 Å². The van der Waals surface area contributed by atoms with Gasteiger partial charge < -0.3 is 9.30 Å². The van der Waals surface area contributed by atoms with Crippen LogP contribution in [0.4, 0.5) is 17.1 Å². The van der Waals surface area contributed by atoms with Gasteiger partial charge in [0.25, 0.3) is 0 Å². The lowest BCUT2D eigenvalue weighted by Gasteiger charge is -2.28. The van der Waals surface area contributed by atoms with Gasteiger partial charge in [0.2, 0.25) is 0 Å². The quantitative estimate of drug-likeness (QED) is 0.160. The smallest absolute Gasteiger partial charge is 0.0621 e. The van der Waals surface area contributed by atoms with Crippen molar-refractivity contribution in [1.29, 1.82) is 0 Å². The highest BCUT2D eigenvalue weighted by Crippen LogP contribution is 2.48. The van der Waals surface area contributed by atoms with Crippen LogP contribution in [-0.4, -0.2) is 4.40 Å². The number of anilines is 3. The Labute approximate surface area is 301 Å². The van der Waals surface area contributed by atoms with Crippen LogP contribution < -0.4 is 4.90 Å². The van der Waals surface area contributed by atoms with Gasteiger partial charge in [-0.15, -0.1) is 11.3 Å². The van der Waals surface area contributed by atoms with Crippen LogP contribution in [0.2, 0.25) is 0 Å². The predicted octanol–water partition coefficient (Wildman–Crippen LogP) is 14.1. The maximum absolute atomic E-state index is 2.51. The molecule has 0 saturated carbocycles. The SMILES string of the molecule is C/C=C\C(=C/C)c1cc(-c2ccccc2)cc(N(c2ccc3c4c(sc3c2)C=CCC4)c2cccc3c2c2cccc4c5ccccc5n3c42)c1. The zero-order chi connectivity index (χ0) is 34.1. The normalized spacial score (nSPS) is 13.5. The van der Waals surface area contributed by atoms with Gasteiger partial charge in [-0.2, -0.15) is 0 Å². The largest absolute Gasteiger partial charge is 0.310 e. The first-order valence-corrected chi connectivity index (χ1v) is 18.7. The van der Waals surface area contributed by atoms with Crippen LogP contribution in [0.1, 0.15) is 36.3 Å². The third kappa shape index (κ3) is 4.62. The van der Waals surface area contributed by atoms with Crippen molar-refractivity contribution in [3.8, 4) is 11.1 Å². The molecule has 10 rings (SSSR count). The van der Waals surface area contributed by atoms with E-state index in [9.17, 15) is 0 Å². The topological polar surface area (TPSA) is 7.65 Å². The average Bonchev–Trinajstić information content (AvgIpc) is 3.84. The van der Waals surface area contributed by atoms with Gasteiger partial charge in [0, 0.05) is 42.5 Å². The van der Waals surface area contributed by atoms with Gasteiger partial charge in [-0.05, 0) is 115 Å². The van der Waals surface area contributed by atoms with Crippen LogP contribution in [0.3, 0.4) is 0 Å². The molecule has 51 heavy (non-hydrogen) atoms. The molecule has 9 aromatic rings. The molecular formula is C48H36N2S. The van der Waals surface area contributed by atoms with Crippen molar-refractivity contribution in [1.82, 2.24) is 4.40 Å². The first-order chi connectivity index (χ1) is 25.2. The van der Waals surface area contributed by atoms with Gasteiger partial charge in [0.1, 0.15) is 0 Å². The zero-order valence-electron chi connectivity index (χ0n) is 28.7. The van der Waals surface area contributed by atoms with Gasteiger partial charge in [-0.1, -0.05) is 103 Å². The molecule has 0 fully saturated rings. The highest BCUT2D eigenvalue weighted by molar-refractivity contribution is 7.20. The van der Waals surface area contributed by atoms with Gasteiger partial charge in [0.05, 0.1) is 22.2 Å². The Morgan fingerprint density at radius 2 is 1.49 bits per heavy atom. The number of hydrogen-bond donors (Lipinski definition) is 0. The molecule has 1 aliphatic carbocycles. The van der Waals surface area contributed by atoms with E-state index in [4.69, 9.17) is 0 Å². The number of rotatable bonds is 6. The number of aromatic nitrogens is 1. The number of para-hydroxylation sites is 2. The number of hydrogen-bond acceptors (Lipinski definition) is 2. The fourth-order valence-electron chi connectivity index (χ4n) is 8.42. The van der Waals surface area contributed by atoms with Gasteiger partial charge in [-0.25, -0.2) is 0 Å². The van der Waals surface area contributed by atoms with Crippen LogP contribution >= 0.6 is 11.3 Å². The van der Waals surface area contributed by atoms with Crippen molar-refractivity contribution < 1.29 is 0 Å². The van der Waals surface area contributed by atoms with E-state index < -0.39 is 0 Å². The summed E-state index contributed by atoms with van der Waals surface area (Å²) in [5.74, 6) is 0. The van der Waals surface area contributed by atoms with Crippen LogP contribution in [0.5, 0.6) is 0 Å². The molecule has 0 spiro atoms. The van der Waals surface area contributed by atoms with E-state index in [1.54, 1.807) is 0 Å². The molecule has 244 valence electrons. The lowest BCUT2D eigenvalue weighted by Crippen LogP contribution is -2.11. The number of allylic oxidation sites excluding steroid dienone is 5. The molecule has 0 amide bonds. The molecule has 0 unspecified atom stereocenters. The molecule has 2 nitrogen and oxygen atoms in total. The average molecular weight is 673 g/mol. The summed E-state index contributed by atoms with van der Waals surface area (Å²) in [5, 5.41) is 6.53. The number of aryl methyl sites for hydroxylation is 1. The fraction of sp³-hybridized carbons (Fsp3) is 0.0833. The number of benzene rings is 6. The molecule has 0 saturated heterocycles. The Kier molecular flexibility index (Phi) is 6.97. The second kappa shape index (κ2) is 11.9. The lowest BCUT2D eigenvalue weighted by molar-refractivity contribution is 1.01. The number of fused-ring (bicyclic) bond motifs is 9. The van der Waals surface area contributed by atoms with Gasteiger partial charge in [-0.3, -0.25) is 0 Å². The Morgan fingerprint density at radius 3 is 2.37 bits per heavy atom. The maximum atomic E-state index is 2.51. The molecular weight excluding hydrogens is 637 g/mol. The lowest BCUT2D eigenvalue weighted by atomic mass is 9.96. The molecule has 3 aromatic heterocycles. The summed E-state index contributed by atoms with van der Waals surface area (Å²) in [6.07, 6.45) is 13.4. The summed E-state index contributed by atoms with van der Waals surface area (Å²) >= 11 is 1.92. The number of thiophene rings is 1. The fourth-order valence-corrected chi connectivity index (χ4v) is 9.64. The maximum Gasteiger partial charge on any atom is 0.0621 e. The second-order valence-electron chi connectivity index (χ2n) is 13.5. The first-order valence-electron chi connectivity index (χ1n) is 17.9. The van der Waals surface area contributed by atoms with E-state index in [-0.39, 0.29) is 0 Å². The Hall–Kier alpha value is -5.90. The van der Waals surface area contributed by atoms with Gasteiger partial charge >= 0.3 is 0 Å². The first kappa shape index (κ1) is 30.0. The Morgan fingerprint density at radius 1 is 0.686 bits per heavy atom. The highest BCUT2D eigenvalue weighted by atomic mass is 32.1. The number of nitrogens with zero attached hydrogens (tertiary/aromatic N) is 2. The van der Waals surface area contributed by atoms with E-state index in [0.29, 0.717) is 0 Å². The van der Waals surface area contributed by atoms with Crippen molar-refractivity contribution >= 4 is 88.2 Å². The standard InChI is InChI=1S/C48H36N2S/c1-3-14-31(4-2)33-27-34(32-15-6-5-7-16-32)29-36(28-33)49(35-25-26-39-38-18-9-11-24-45(38)51-46(39)30-35)43-22-13-23-44-47(43)41-20-12-19-40-37-17-8-10-21-42(37)50(44)48(40)41/h3-8,10-17,19-30H,9,18H2,1-2H3/b14-3-,31-4+. The second-order valence-corrected chi connectivity index (χ2v) is 14.6. The van der Waals surface area contributed by atoms with Crippen LogP contribution in [0, 0.1) is 0 Å². The summed E-state index contributed by atoms with van der Waals surface area (Å²) in [6, 6.07) is 47.5. The predicted molar refractivity (Wildman–Crippen MR) is 222 cm³/mol. The van der Waals surface area contributed by atoms with Crippen molar-refractivity contribution in [2.24, 2.45) is 0 Å². The monoisotopic (exact) mass is 672 g/mol. The summed E-state index contributed by atoms with van der Waals surface area (Å²) in [4.78, 5) is 3.91. The molecule has 3 heteroatoms. The molecule has 0 bridgehead atoms. The van der Waals surface area contributed by atoms with E-state index in [2.05, 4.69) is 181 Å². The molecule has 0 N–H and O–H groups in total. The molecule has 6 aromatic carbocycles. The van der Waals surface area contributed by atoms with Crippen molar-refractivity contribution in [2.75, 3.05) is 4.90 Å². The molecule has 0 atom stereocenters. The van der Waals surface area contributed by atoms with Crippen molar-refractivity contribution in [3.05, 3.63) is 168 Å². The minimum atomic E-state index is 1.11. The van der Waals surface area contributed by atoms with Crippen LogP contribution in [0.25, 0.3) is 71.0 Å². The Bertz CT molecular complexity index is 2880. The summed E-state index contributed by atoms with van der Waals surface area (Å²) in [6.45, 7) is 4.22. The van der Waals surface area contributed by atoms with Crippen LogP contribution in [0.15, 0.2) is 152 Å². The van der Waals surface area contributed by atoms with E-state index >= 15 is 0 Å². The summed E-state index contributed by atoms with van der Waals surface area (Å²) in [7, 11) is 0. The van der Waals surface area contributed by atoms with E-state index in [1.165, 1.54) is 86.6 Å². The van der Waals surface area contributed by atoms with E-state index in [1.807, 2.05) is 11.3 Å². The van der Waals surface area contributed by atoms with Gasteiger partial charge in [0.15, 0.2) is 0 Å². The summed E-state index contributed by atoms with van der Waals surface area (Å²) < 4.78 is 3.82. The molecule has 3 heterocycles. The zero-order valence-corrected chi connectivity index (χ0v) is 29.5. The molecule has 0 aliphatic heterocycles. The highest BCUT2D eigenvalue weighted by Gasteiger charge is 2.24. The minimum absolute atomic E-state index is 1.11. The molecule has 0 radical (unpaired) electrons.